The maximum absolute atomic E-state index is 9.36. The van der Waals surface area contributed by atoms with Crippen molar-refractivity contribution in [3.63, 3.8) is 0 Å². The van der Waals surface area contributed by atoms with Gasteiger partial charge in [-0.2, -0.15) is 5.26 Å². The first-order chi connectivity index (χ1) is 9.76. The molecule has 0 aliphatic heterocycles. The summed E-state index contributed by atoms with van der Waals surface area (Å²) in [5, 5.41) is 18.2. The average Bonchev–Trinajstić information content (AvgIpc) is 3.20. The van der Waals surface area contributed by atoms with Crippen LogP contribution in [-0.4, -0.2) is 20.0 Å². The molecule has 1 aromatic carbocycles. The van der Waals surface area contributed by atoms with Gasteiger partial charge in [-0.15, -0.1) is 10.2 Å². The molecule has 4 nitrogen and oxygen atoms in total. The summed E-state index contributed by atoms with van der Waals surface area (Å²) in [6.45, 7) is 2.07. The van der Waals surface area contributed by atoms with Crippen molar-refractivity contribution in [1.29, 1.82) is 5.26 Å². The predicted octanol–water partition coefficient (Wildman–Crippen LogP) is 3.15. The maximum atomic E-state index is 9.36. The molecule has 2 aromatic rings. The van der Waals surface area contributed by atoms with Crippen LogP contribution in [0.5, 0.6) is 0 Å². The Morgan fingerprint density at radius 2 is 2.15 bits per heavy atom. The first kappa shape index (κ1) is 13.2. The van der Waals surface area contributed by atoms with Crippen LogP contribution in [0.25, 0.3) is 0 Å². The lowest BCUT2D eigenvalue weighted by Gasteiger charge is -2.09. The second-order valence-corrected chi connectivity index (χ2v) is 6.35. The van der Waals surface area contributed by atoms with Crippen molar-refractivity contribution in [2.24, 2.45) is 0 Å². The SMILES string of the molecule is Cc1ccc(CC(C#N)Sc2nncn2C2CC2)cc1. The van der Waals surface area contributed by atoms with E-state index in [-0.39, 0.29) is 5.25 Å². The lowest BCUT2D eigenvalue weighted by molar-refractivity contribution is 0.662. The van der Waals surface area contributed by atoms with Gasteiger partial charge in [0.25, 0.3) is 0 Å². The zero-order chi connectivity index (χ0) is 13.9. The molecule has 5 heteroatoms. The number of aromatic nitrogens is 3. The lowest BCUT2D eigenvalue weighted by atomic mass is 10.1. The van der Waals surface area contributed by atoms with Gasteiger partial charge in [-0.1, -0.05) is 41.6 Å². The molecule has 1 aliphatic rings. The van der Waals surface area contributed by atoms with E-state index < -0.39 is 0 Å². The predicted molar refractivity (Wildman–Crippen MR) is 78.4 cm³/mol. The van der Waals surface area contributed by atoms with Gasteiger partial charge in [0, 0.05) is 6.04 Å². The topological polar surface area (TPSA) is 54.5 Å². The largest absolute Gasteiger partial charge is 0.305 e. The molecule has 0 N–H and O–H groups in total. The Labute approximate surface area is 122 Å². The van der Waals surface area contributed by atoms with Gasteiger partial charge in [-0.25, -0.2) is 0 Å². The minimum absolute atomic E-state index is 0.126. The fourth-order valence-electron chi connectivity index (χ4n) is 2.10. The van der Waals surface area contributed by atoms with Crippen molar-refractivity contribution >= 4 is 11.8 Å². The molecule has 1 fully saturated rings. The van der Waals surface area contributed by atoms with E-state index in [4.69, 9.17) is 0 Å². The molecular formula is C15H16N4S. The van der Waals surface area contributed by atoms with Crippen LogP contribution in [0.2, 0.25) is 0 Å². The van der Waals surface area contributed by atoms with E-state index in [9.17, 15) is 5.26 Å². The van der Waals surface area contributed by atoms with Gasteiger partial charge in [-0.3, -0.25) is 0 Å². The van der Waals surface area contributed by atoms with Gasteiger partial charge in [0.2, 0.25) is 0 Å². The molecular weight excluding hydrogens is 268 g/mol. The summed E-state index contributed by atoms with van der Waals surface area (Å²) in [6, 6.07) is 11.3. The van der Waals surface area contributed by atoms with E-state index in [1.165, 1.54) is 35.7 Å². The number of hydrogen-bond donors (Lipinski definition) is 0. The summed E-state index contributed by atoms with van der Waals surface area (Å²) < 4.78 is 2.10. The second kappa shape index (κ2) is 5.68. The number of rotatable bonds is 5. The van der Waals surface area contributed by atoms with Crippen molar-refractivity contribution in [3.8, 4) is 6.07 Å². The van der Waals surface area contributed by atoms with E-state index >= 15 is 0 Å². The number of nitrogens with zero attached hydrogens (tertiary/aromatic N) is 4. The van der Waals surface area contributed by atoms with Crippen molar-refractivity contribution < 1.29 is 0 Å². The summed E-state index contributed by atoms with van der Waals surface area (Å²) in [7, 11) is 0. The highest BCUT2D eigenvalue weighted by atomic mass is 32.2. The highest BCUT2D eigenvalue weighted by Gasteiger charge is 2.27. The smallest absolute Gasteiger partial charge is 0.192 e. The molecule has 0 radical (unpaired) electrons. The first-order valence-corrected chi connectivity index (χ1v) is 7.65. The second-order valence-electron chi connectivity index (χ2n) is 5.18. The Morgan fingerprint density at radius 3 is 2.80 bits per heavy atom. The fraction of sp³-hybridized carbons (Fsp3) is 0.400. The summed E-state index contributed by atoms with van der Waals surface area (Å²) in [4.78, 5) is 0. The van der Waals surface area contributed by atoms with Gasteiger partial charge in [-0.05, 0) is 31.7 Å². The molecule has 0 bridgehead atoms. The highest BCUT2D eigenvalue weighted by molar-refractivity contribution is 8.00. The molecule has 1 aliphatic carbocycles. The quantitative estimate of drug-likeness (QED) is 0.791. The number of hydrogen-bond acceptors (Lipinski definition) is 4. The van der Waals surface area contributed by atoms with Gasteiger partial charge >= 0.3 is 0 Å². The number of aryl methyl sites for hydroxylation is 1. The van der Waals surface area contributed by atoms with Crippen LogP contribution in [0.3, 0.4) is 0 Å². The Balaban J connectivity index is 1.69. The van der Waals surface area contributed by atoms with E-state index in [1.807, 2.05) is 0 Å². The van der Waals surface area contributed by atoms with Crippen LogP contribution in [0.15, 0.2) is 35.7 Å². The molecule has 3 rings (SSSR count). The Hall–Kier alpha value is -1.80. The number of benzene rings is 1. The van der Waals surface area contributed by atoms with Crippen LogP contribution in [0.1, 0.15) is 30.0 Å². The van der Waals surface area contributed by atoms with Crippen LogP contribution in [0.4, 0.5) is 0 Å². The molecule has 1 aromatic heterocycles. The summed E-state index contributed by atoms with van der Waals surface area (Å²) in [6.07, 6.45) is 4.90. The Bertz CT molecular complexity index is 622. The zero-order valence-corrected chi connectivity index (χ0v) is 12.2. The fourth-order valence-corrected chi connectivity index (χ4v) is 3.09. The van der Waals surface area contributed by atoms with Crippen LogP contribution in [0, 0.1) is 18.3 Å². The third-order valence-corrected chi connectivity index (χ3v) is 4.47. The summed E-state index contributed by atoms with van der Waals surface area (Å²) >= 11 is 1.52. The molecule has 0 saturated heterocycles. The molecule has 0 spiro atoms. The van der Waals surface area contributed by atoms with Crippen molar-refractivity contribution in [3.05, 3.63) is 41.7 Å². The standard InChI is InChI=1S/C15H16N4S/c1-11-2-4-12(5-3-11)8-14(9-16)20-15-18-17-10-19(15)13-6-7-13/h2-5,10,13-14H,6-8H2,1H3. The minimum Gasteiger partial charge on any atom is -0.305 e. The van der Waals surface area contributed by atoms with Crippen LogP contribution >= 0.6 is 11.8 Å². The van der Waals surface area contributed by atoms with Crippen molar-refractivity contribution in [2.45, 2.75) is 42.6 Å². The minimum atomic E-state index is -0.126. The molecule has 1 unspecified atom stereocenters. The monoisotopic (exact) mass is 284 g/mol. The van der Waals surface area contributed by atoms with E-state index in [0.29, 0.717) is 6.04 Å². The zero-order valence-electron chi connectivity index (χ0n) is 11.4. The van der Waals surface area contributed by atoms with Gasteiger partial charge in [0.1, 0.15) is 11.6 Å². The van der Waals surface area contributed by atoms with Crippen molar-refractivity contribution in [2.75, 3.05) is 0 Å². The third-order valence-electron chi connectivity index (χ3n) is 3.41. The molecule has 1 saturated carbocycles. The Morgan fingerprint density at radius 1 is 1.40 bits per heavy atom. The van der Waals surface area contributed by atoms with Crippen LogP contribution in [-0.2, 0) is 6.42 Å². The maximum Gasteiger partial charge on any atom is 0.192 e. The molecule has 102 valence electrons. The van der Waals surface area contributed by atoms with Gasteiger partial charge < -0.3 is 4.57 Å². The lowest BCUT2D eigenvalue weighted by Crippen LogP contribution is -2.06. The Kier molecular flexibility index (Phi) is 3.75. The van der Waals surface area contributed by atoms with E-state index in [2.05, 4.69) is 52.0 Å². The van der Waals surface area contributed by atoms with Crippen molar-refractivity contribution in [1.82, 2.24) is 14.8 Å². The number of thioether (sulfide) groups is 1. The molecule has 1 atom stereocenters. The average molecular weight is 284 g/mol. The summed E-state index contributed by atoms with van der Waals surface area (Å²) in [5.41, 5.74) is 2.43. The molecule has 0 amide bonds. The first-order valence-electron chi connectivity index (χ1n) is 6.77. The molecule has 1 heterocycles. The normalized spacial score (nSPS) is 15.8. The third kappa shape index (κ3) is 3.02. The van der Waals surface area contributed by atoms with Gasteiger partial charge in [0.05, 0.1) is 6.07 Å². The van der Waals surface area contributed by atoms with Crippen LogP contribution < -0.4 is 0 Å². The summed E-state index contributed by atoms with van der Waals surface area (Å²) in [5.74, 6) is 0. The number of nitriles is 1. The molecule has 20 heavy (non-hydrogen) atoms. The highest BCUT2D eigenvalue weighted by Crippen LogP contribution is 2.38. The van der Waals surface area contributed by atoms with E-state index in [1.54, 1.807) is 6.33 Å². The van der Waals surface area contributed by atoms with E-state index in [0.717, 1.165) is 11.6 Å². The van der Waals surface area contributed by atoms with Gasteiger partial charge in [0.15, 0.2) is 5.16 Å².